The van der Waals surface area contributed by atoms with E-state index in [0.717, 1.165) is 10.4 Å². The van der Waals surface area contributed by atoms with Gasteiger partial charge in [0, 0.05) is 20.1 Å². The fraction of sp³-hybridized carbons (Fsp3) is 0.500. The molecule has 1 atom stereocenters. The topological polar surface area (TPSA) is 49.4 Å². The van der Waals surface area contributed by atoms with Gasteiger partial charge in [-0.3, -0.25) is 0 Å². The third-order valence-electron chi connectivity index (χ3n) is 2.68. The Balaban J connectivity index is 2.90. The molecule has 1 unspecified atom stereocenters. The molecule has 1 aromatic carbocycles. The first-order chi connectivity index (χ1) is 9.04. The third kappa shape index (κ3) is 4.46. The van der Waals surface area contributed by atoms with Crippen LogP contribution in [0.5, 0.6) is 0 Å². The summed E-state index contributed by atoms with van der Waals surface area (Å²) in [4.78, 5) is 0. The first-order valence-corrected chi connectivity index (χ1v) is 7.33. The largest absolute Gasteiger partial charge is 0.416 e. The van der Waals surface area contributed by atoms with E-state index >= 15 is 0 Å². The highest BCUT2D eigenvalue weighted by atomic mass is 32.2. The number of hydrogen-bond donors (Lipinski definition) is 1. The molecule has 20 heavy (non-hydrogen) atoms. The number of nitrogens with one attached hydrogen (secondary N) is 1. The molecule has 0 radical (unpaired) electrons. The molecule has 0 spiro atoms. The maximum atomic E-state index is 12.8. The molecule has 0 aliphatic heterocycles. The third-order valence-corrected chi connectivity index (χ3v) is 4.34. The Bertz CT molecular complexity index is 556. The maximum absolute atomic E-state index is 12.8. The van der Waals surface area contributed by atoms with Crippen molar-refractivity contribution in [3.63, 3.8) is 0 Å². The second kappa shape index (κ2) is 6.11. The zero-order valence-corrected chi connectivity index (χ0v) is 12.2. The molecule has 1 rings (SSSR count). The van der Waals surface area contributed by atoms with E-state index < -0.39 is 28.0 Å². The minimum Gasteiger partial charge on any atom is -0.199 e. The first kappa shape index (κ1) is 16.9. The zero-order chi connectivity index (χ0) is 15.6. The van der Waals surface area contributed by atoms with E-state index in [1.54, 1.807) is 0 Å². The Labute approximate surface area is 116 Å². The quantitative estimate of drug-likeness (QED) is 0.905. The van der Waals surface area contributed by atoms with Crippen LogP contribution >= 0.6 is 0 Å². The number of hydrogen-bond acceptors (Lipinski definition) is 2. The summed E-state index contributed by atoms with van der Waals surface area (Å²) in [5.74, 6) is 0. The Morgan fingerprint density at radius 3 is 2.30 bits per heavy atom. The van der Waals surface area contributed by atoms with Crippen molar-refractivity contribution in [2.24, 2.45) is 0 Å². The molecule has 1 N–H and O–H groups in total. The summed E-state index contributed by atoms with van der Waals surface area (Å²) in [7, 11) is -0.972. The van der Waals surface area contributed by atoms with Gasteiger partial charge in [0.1, 0.15) is 0 Å². The molecular weight excluding hydrogens is 293 g/mol. The van der Waals surface area contributed by atoms with E-state index in [4.69, 9.17) is 0 Å². The van der Waals surface area contributed by atoms with Gasteiger partial charge in [0.2, 0.25) is 0 Å². The maximum Gasteiger partial charge on any atom is 0.416 e. The van der Waals surface area contributed by atoms with Crippen molar-refractivity contribution in [3.05, 3.63) is 35.4 Å². The van der Waals surface area contributed by atoms with Crippen LogP contribution < -0.4 is 4.72 Å². The van der Waals surface area contributed by atoms with Crippen LogP contribution in [0.2, 0.25) is 0 Å². The van der Waals surface area contributed by atoms with Crippen LogP contribution in [-0.4, -0.2) is 32.9 Å². The molecule has 8 heteroatoms. The highest BCUT2D eigenvalue weighted by molar-refractivity contribution is 7.87. The molecule has 0 saturated carbocycles. The molecule has 0 heterocycles. The highest BCUT2D eigenvalue weighted by Gasteiger charge is 2.33. The van der Waals surface area contributed by atoms with Crippen LogP contribution in [0.4, 0.5) is 13.2 Å². The Morgan fingerprint density at radius 2 is 1.80 bits per heavy atom. The average Bonchev–Trinajstić information content (AvgIpc) is 2.26. The molecule has 4 nitrogen and oxygen atoms in total. The second-order valence-electron chi connectivity index (χ2n) is 4.67. The van der Waals surface area contributed by atoms with Crippen molar-refractivity contribution in [1.29, 1.82) is 0 Å². The molecule has 0 saturated heterocycles. The number of benzene rings is 1. The molecule has 114 valence electrons. The van der Waals surface area contributed by atoms with Gasteiger partial charge in [0.25, 0.3) is 10.2 Å². The number of rotatable bonds is 5. The minimum absolute atomic E-state index is 0.0389. The van der Waals surface area contributed by atoms with E-state index in [1.807, 2.05) is 0 Å². The predicted molar refractivity (Wildman–Crippen MR) is 70.4 cm³/mol. The van der Waals surface area contributed by atoms with Crippen molar-refractivity contribution in [2.45, 2.75) is 25.6 Å². The summed E-state index contributed by atoms with van der Waals surface area (Å²) in [6.45, 7) is 1.52. The minimum atomic E-state index is -4.45. The normalized spacial score (nSPS) is 14.6. The molecule has 0 fully saturated rings. The zero-order valence-electron chi connectivity index (χ0n) is 11.4. The van der Waals surface area contributed by atoms with E-state index in [1.165, 1.54) is 39.2 Å². The second-order valence-corrected chi connectivity index (χ2v) is 6.58. The van der Waals surface area contributed by atoms with Gasteiger partial charge < -0.3 is 0 Å². The van der Waals surface area contributed by atoms with E-state index in [9.17, 15) is 21.6 Å². The summed E-state index contributed by atoms with van der Waals surface area (Å²) in [6.07, 6.45) is -4.49. The first-order valence-electron chi connectivity index (χ1n) is 5.89. The van der Waals surface area contributed by atoms with Gasteiger partial charge in [0.15, 0.2) is 0 Å². The van der Waals surface area contributed by atoms with Gasteiger partial charge >= 0.3 is 6.18 Å². The summed E-state index contributed by atoms with van der Waals surface area (Å²) in [5, 5.41) is 0. The predicted octanol–water partition coefficient (Wildman–Crippen LogP) is 2.03. The SMILES string of the molecule is CC(Cc1ccccc1C(F)(F)F)NS(=O)(=O)N(C)C. The van der Waals surface area contributed by atoms with Crippen LogP contribution in [0.3, 0.4) is 0 Å². The van der Waals surface area contributed by atoms with Crippen LogP contribution in [0.1, 0.15) is 18.1 Å². The van der Waals surface area contributed by atoms with E-state index in [-0.39, 0.29) is 12.0 Å². The number of nitrogens with zero attached hydrogens (tertiary/aromatic N) is 1. The lowest BCUT2D eigenvalue weighted by Crippen LogP contribution is -2.41. The molecule has 0 aliphatic rings. The lowest BCUT2D eigenvalue weighted by Gasteiger charge is -2.19. The summed E-state index contributed by atoms with van der Waals surface area (Å²) in [5.41, 5.74) is -0.676. The van der Waals surface area contributed by atoms with Crippen LogP contribution in [-0.2, 0) is 22.8 Å². The van der Waals surface area contributed by atoms with Gasteiger partial charge in [-0.2, -0.15) is 30.6 Å². The smallest absolute Gasteiger partial charge is 0.199 e. The Hall–Kier alpha value is -1.12. The van der Waals surface area contributed by atoms with Crippen molar-refractivity contribution in [1.82, 2.24) is 9.03 Å². The van der Waals surface area contributed by atoms with Gasteiger partial charge in [-0.25, -0.2) is 0 Å². The van der Waals surface area contributed by atoms with Crippen LogP contribution in [0, 0.1) is 0 Å². The highest BCUT2D eigenvalue weighted by Crippen LogP contribution is 2.32. The Morgan fingerprint density at radius 1 is 1.25 bits per heavy atom. The summed E-state index contributed by atoms with van der Waals surface area (Å²) in [6, 6.07) is 4.50. The van der Waals surface area contributed by atoms with Crippen molar-refractivity contribution in [2.75, 3.05) is 14.1 Å². The molecule has 0 amide bonds. The Kier molecular flexibility index (Phi) is 5.17. The lowest BCUT2D eigenvalue weighted by atomic mass is 10.0. The lowest BCUT2D eigenvalue weighted by molar-refractivity contribution is -0.138. The van der Waals surface area contributed by atoms with Crippen LogP contribution in [0.25, 0.3) is 0 Å². The molecular formula is C12H17F3N2O2S. The van der Waals surface area contributed by atoms with Crippen molar-refractivity contribution in [3.8, 4) is 0 Å². The molecule has 0 aromatic heterocycles. The van der Waals surface area contributed by atoms with Gasteiger partial charge in [-0.1, -0.05) is 18.2 Å². The summed E-state index contributed by atoms with van der Waals surface area (Å²) >= 11 is 0. The van der Waals surface area contributed by atoms with Gasteiger partial charge in [-0.05, 0) is 25.0 Å². The molecule has 1 aromatic rings. The number of halogens is 3. The fourth-order valence-electron chi connectivity index (χ4n) is 1.71. The van der Waals surface area contributed by atoms with Crippen molar-refractivity contribution < 1.29 is 21.6 Å². The van der Waals surface area contributed by atoms with E-state index in [2.05, 4.69) is 4.72 Å². The van der Waals surface area contributed by atoms with Gasteiger partial charge in [-0.15, -0.1) is 0 Å². The summed E-state index contributed by atoms with van der Waals surface area (Å²) < 4.78 is 64.9. The number of alkyl halides is 3. The van der Waals surface area contributed by atoms with E-state index in [0.29, 0.717) is 0 Å². The molecule has 0 bridgehead atoms. The molecule has 0 aliphatic carbocycles. The fourth-order valence-corrected chi connectivity index (χ4v) is 2.51. The van der Waals surface area contributed by atoms with Crippen molar-refractivity contribution >= 4 is 10.2 Å². The average molecular weight is 310 g/mol. The monoisotopic (exact) mass is 310 g/mol. The van der Waals surface area contributed by atoms with Gasteiger partial charge in [0.05, 0.1) is 5.56 Å². The standard InChI is InChI=1S/C12H17F3N2O2S/c1-9(16-20(18,19)17(2)3)8-10-6-4-5-7-11(10)12(13,14)15/h4-7,9,16H,8H2,1-3H3. The van der Waals surface area contributed by atoms with Crippen LogP contribution in [0.15, 0.2) is 24.3 Å².